The SMILES string of the molecule is CC/C=C\C/C=C\C/C=C\C/C=C\C/C=C\C/C=C\C/C=C\C/C=C\C/C=C\CCCCCCCCCCCCCC(=O)OC(COC(=O)CCCCCCC/C=C\C/C=C\CCCC)COP(=O)(O)OCCN. The number of carbonyl (C=O) groups is 2. The molecular formula is C64H106NO8P. The summed E-state index contributed by atoms with van der Waals surface area (Å²) in [5.41, 5.74) is 5.37. The van der Waals surface area contributed by atoms with Gasteiger partial charge in [0.1, 0.15) is 6.61 Å². The van der Waals surface area contributed by atoms with Gasteiger partial charge in [0.15, 0.2) is 6.10 Å². The average Bonchev–Trinajstić information content (AvgIpc) is 3.39. The van der Waals surface area contributed by atoms with E-state index in [1.54, 1.807) is 0 Å². The normalized spacial score (nSPS) is 14.1. The predicted molar refractivity (Wildman–Crippen MR) is 316 cm³/mol. The van der Waals surface area contributed by atoms with E-state index in [9.17, 15) is 19.0 Å². The van der Waals surface area contributed by atoms with E-state index in [1.807, 2.05) is 0 Å². The second kappa shape index (κ2) is 58.4. The molecule has 0 aromatic heterocycles. The van der Waals surface area contributed by atoms with E-state index in [4.69, 9.17) is 24.3 Å². The molecule has 0 aliphatic rings. The summed E-state index contributed by atoms with van der Waals surface area (Å²) >= 11 is 0. The molecule has 0 aromatic rings. The number of esters is 2. The molecule has 10 heteroatoms. The van der Waals surface area contributed by atoms with Crippen LogP contribution in [0.5, 0.6) is 0 Å². The molecule has 9 nitrogen and oxygen atoms in total. The van der Waals surface area contributed by atoms with Gasteiger partial charge in [0.2, 0.25) is 0 Å². The highest BCUT2D eigenvalue weighted by Gasteiger charge is 2.26. The van der Waals surface area contributed by atoms with Gasteiger partial charge < -0.3 is 20.1 Å². The van der Waals surface area contributed by atoms with Crippen molar-refractivity contribution in [2.24, 2.45) is 5.73 Å². The van der Waals surface area contributed by atoms with Crippen LogP contribution in [0.3, 0.4) is 0 Å². The molecule has 0 aliphatic carbocycles. The van der Waals surface area contributed by atoms with Crippen molar-refractivity contribution in [2.45, 2.75) is 232 Å². The Hall–Kier alpha value is -3.85. The number of hydrogen-bond acceptors (Lipinski definition) is 8. The molecular weight excluding hydrogens is 942 g/mol. The Morgan fingerprint density at radius 3 is 1.11 bits per heavy atom. The molecule has 0 bridgehead atoms. The van der Waals surface area contributed by atoms with Crippen molar-refractivity contribution in [1.29, 1.82) is 0 Å². The lowest BCUT2D eigenvalue weighted by molar-refractivity contribution is -0.161. The molecule has 0 amide bonds. The Labute approximate surface area is 453 Å². The lowest BCUT2D eigenvalue weighted by atomic mass is 10.0. The Morgan fingerprint density at radius 2 is 0.743 bits per heavy atom. The zero-order valence-electron chi connectivity index (χ0n) is 46.8. The zero-order chi connectivity index (χ0) is 53.8. The van der Waals surface area contributed by atoms with Gasteiger partial charge in [0.05, 0.1) is 13.2 Å². The Morgan fingerprint density at radius 1 is 0.419 bits per heavy atom. The Kier molecular flexibility index (Phi) is 55.4. The molecule has 420 valence electrons. The summed E-state index contributed by atoms with van der Waals surface area (Å²) in [5.74, 6) is -0.855. The first kappa shape index (κ1) is 70.1. The quantitative estimate of drug-likeness (QED) is 0.0264. The van der Waals surface area contributed by atoms with Crippen molar-refractivity contribution in [2.75, 3.05) is 26.4 Å². The fourth-order valence-electron chi connectivity index (χ4n) is 7.47. The van der Waals surface area contributed by atoms with Crippen LogP contribution in [0, 0.1) is 0 Å². The molecule has 0 saturated carbocycles. The van der Waals surface area contributed by atoms with Gasteiger partial charge in [0, 0.05) is 19.4 Å². The Balaban J connectivity index is 3.96. The molecule has 3 N–H and O–H groups in total. The van der Waals surface area contributed by atoms with Crippen LogP contribution in [0.15, 0.2) is 134 Å². The number of phosphoric acid groups is 1. The van der Waals surface area contributed by atoms with Crippen molar-refractivity contribution >= 4 is 19.8 Å². The molecule has 0 rings (SSSR count). The monoisotopic (exact) mass is 1050 g/mol. The van der Waals surface area contributed by atoms with Crippen molar-refractivity contribution in [1.82, 2.24) is 0 Å². The molecule has 74 heavy (non-hydrogen) atoms. The number of allylic oxidation sites excluding steroid dienone is 22. The summed E-state index contributed by atoms with van der Waals surface area (Å²) in [7, 11) is -4.40. The summed E-state index contributed by atoms with van der Waals surface area (Å²) in [6.45, 7) is 3.55. The van der Waals surface area contributed by atoms with Gasteiger partial charge >= 0.3 is 19.8 Å². The van der Waals surface area contributed by atoms with E-state index >= 15 is 0 Å². The van der Waals surface area contributed by atoms with Crippen LogP contribution < -0.4 is 5.73 Å². The third-order valence-corrected chi connectivity index (χ3v) is 12.8. The first-order chi connectivity index (χ1) is 36.3. The van der Waals surface area contributed by atoms with E-state index in [0.717, 1.165) is 128 Å². The van der Waals surface area contributed by atoms with E-state index in [1.165, 1.54) is 57.8 Å². The topological polar surface area (TPSA) is 134 Å². The molecule has 0 aliphatic heterocycles. The number of nitrogens with two attached hydrogens (primary N) is 1. The second-order valence-electron chi connectivity index (χ2n) is 18.8. The molecule has 0 spiro atoms. The standard InChI is InChI=1S/C64H106NO8P/c1-3-5-7-9-11-13-15-17-19-20-21-22-23-24-25-26-27-28-29-30-31-32-33-34-35-36-37-38-39-40-41-42-43-45-47-49-51-53-55-57-64(67)73-62(61-72-74(68,69)71-59-58-65)60-70-63(66)56-54-52-50-48-46-44-18-16-14-12-10-8-6-4-2/h5,7,10-13,16-19,21-22,24-25,27-28,30-31,33-34,36-37,62H,3-4,6,8-9,14-15,20,23,26,29,32,35,38-61,65H2,1-2H3,(H,68,69)/b7-5-,12-10-,13-11-,18-16-,19-17-,22-21-,25-24-,28-27-,31-30-,34-33-,37-36-. The van der Waals surface area contributed by atoms with E-state index in [0.29, 0.717) is 12.8 Å². The highest BCUT2D eigenvalue weighted by atomic mass is 31.2. The van der Waals surface area contributed by atoms with Crippen LogP contribution >= 0.6 is 7.82 Å². The van der Waals surface area contributed by atoms with Crippen LogP contribution in [0.25, 0.3) is 0 Å². The number of rotatable bonds is 53. The average molecular weight is 1050 g/mol. The van der Waals surface area contributed by atoms with Crippen molar-refractivity contribution < 1.29 is 37.6 Å². The van der Waals surface area contributed by atoms with Crippen molar-refractivity contribution in [3.8, 4) is 0 Å². The predicted octanol–water partition coefficient (Wildman–Crippen LogP) is 18.6. The molecule has 0 saturated heterocycles. The zero-order valence-corrected chi connectivity index (χ0v) is 47.7. The van der Waals surface area contributed by atoms with E-state index in [2.05, 4.69) is 148 Å². The van der Waals surface area contributed by atoms with Gasteiger partial charge in [-0.1, -0.05) is 237 Å². The summed E-state index contributed by atoms with van der Waals surface area (Å²) < 4.78 is 32.9. The minimum absolute atomic E-state index is 0.0451. The molecule has 0 radical (unpaired) electrons. The van der Waals surface area contributed by atoms with Gasteiger partial charge in [-0.15, -0.1) is 0 Å². The fourth-order valence-corrected chi connectivity index (χ4v) is 8.23. The van der Waals surface area contributed by atoms with Crippen molar-refractivity contribution in [3.05, 3.63) is 134 Å². The number of unbranched alkanes of at least 4 members (excludes halogenated alkanes) is 18. The van der Waals surface area contributed by atoms with E-state index in [-0.39, 0.29) is 32.6 Å². The highest BCUT2D eigenvalue weighted by molar-refractivity contribution is 7.47. The molecule has 0 aromatic carbocycles. The lowest BCUT2D eigenvalue weighted by Gasteiger charge is -2.19. The number of ether oxygens (including phenoxy) is 2. The van der Waals surface area contributed by atoms with Crippen LogP contribution in [0.2, 0.25) is 0 Å². The largest absolute Gasteiger partial charge is 0.472 e. The first-order valence-electron chi connectivity index (χ1n) is 29.2. The number of hydrogen-bond donors (Lipinski definition) is 2. The van der Waals surface area contributed by atoms with Gasteiger partial charge in [-0.05, 0) is 109 Å². The third-order valence-electron chi connectivity index (χ3n) is 11.8. The maximum atomic E-state index is 12.7. The Bertz CT molecular complexity index is 1670. The summed E-state index contributed by atoms with van der Waals surface area (Å²) in [6, 6.07) is 0. The summed E-state index contributed by atoms with van der Waals surface area (Å²) in [5, 5.41) is 0. The van der Waals surface area contributed by atoms with E-state index < -0.39 is 32.5 Å². The first-order valence-corrected chi connectivity index (χ1v) is 30.7. The highest BCUT2D eigenvalue weighted by Crippen LogP contribution is 2.43. The fraction of sp³-hybridized carbons (Fsp3) is 0.625. The third kappa shape index (κ3) is 57.4. The van der Waals surface area contributed by atoms with Gasteiger partial charge in [-0.25, -0.2) is 4.57 Å². The number of phosphoric ester groups is 1. The lowest BCUT2D eigenvalue weighted by Crippen LogP contribution is -2.29. The van der Waals surface area contributed by atoms with Crippen molar-refractivity contribution in [3.63, 3.8) is 0 Å². The smallest absolute Gasteiger partial charge is 0.462 e. The second-order valence-corrected chi connectivity index (χ2v) is 20.2. The minimum Gasteiger partial charge on any atom is -0.462 e. The van der Waals surface area contributed by atoms with Crippen LogP contribution in [0.4, 0.5) is 0 Å². The van der Waals surface area contributed by atoms with Gasteiger partial charge in [0.25, 0.3) is 0 Å². The maximum absolute atomic E-state index is 12.7. The maximum Gasteiger partial charge on any atom is 0.472 e. The summed E-state index contributed by atoms with van der Waals surface area (Å²) in [6.07, 6.45) is 82.3. The molecule has 2 unspecified atom stereocenters. The van der Waals surface area contributed by atoms with Crippen LogP contribution in [-0.2, 0) is 32.7 Å². The molecule has 0 fully saturated rings. The van der Waals surface area contributed by atoms with Crippen LogP contribution in [0.1, 0.15) is 226 Å². The summed E-state index contributed by atoms with van der Waals surface area (Å²) in [4.78, 5) is 35.1. The molecule has 0 heterocycles. The minimum atomic E-state index is -4.40. The number of carbonyl (C=O) groups excluding carboxylic acids is 2. The van der Waals surface area contributed by atoms with Gasteiger partial charge in [-0.3, -0.25) is 18.6 Å². The molecule has 2 atom stereocenters. The van der Waals surface area contributed by atoms with Crippen LogP contribution in [-0.4, -0.2) is 49.3 Å². The van der Waals surface area contributed by atoms with Gasteiger partial charge in [-0.2, -0.15) is 0 Å².